The lowest BCUT2D eigenvalue weighted by Gasteiger charge is -2.13. The summed E-state index contributed by atoms with van der Waals surface area (Å²) in [6.07, 6.45) is -0.663. The minimum absolute atomic E-state index is 0.528. The molecule has 0 aliphatic carbocycles. The molecule has 0 fully saturated rings. The summed E-state index contributed by atoms with van der Waals surface area (Å²) in [5.41, 5.74) is 7.94. The van der Waals surface area contributed by atoms with Gasteiger partial charge in [-0.25, -0.2) is 0 Å². The van der Waals surface area contributed by atoms with Crippen molar-refractivity contribution in [1.82, 2.24) is 0 Å². The number of nitrogen functional groups attached to an aromatic ring is 1. The Hall–Kier alpha value is -2.00. The summed E-state index contributed by atoms with van der Waals surface area (Å²) < 4.78 is 5.08. The quantitative estimate of drug-likeness (QED) is 0.794. The number of hydrogen-bond donors (Lipinski definition) is 2. The van der Waals surface area contributed by atoms with Crippen molar-refractivity contribution in [2.75, 3.05) is 12.8 Å². The fraction of sp³-hybridized carbons (Fsp3) is 0.143. The second kappa shape index (κ2) is 4.89. The number of hydrogen-bond acceptors (Lipinski definition) is 3. The van der Waals surface area contributed by atoms with E-state index in [1.54, 1.807) is 19.2 Å². The van der Waals surface area contributed by atoms with Gasteiger partial charge in [-0.2, -0.15) is 0 Å². The monoisotopic (exact) mass is 229 g/mol. The van der Waals surface area contributed by atoms with Gasteiger partial charge in [0.05, 0.1) is 12.8 Å². The molecule has 3 N–H and O–H groups in total. The van der Waals surface area contributed by atoms with E-state index in [2.05, 4.69) is 0 Å². The average Bonchev–Trinajstić information content (AvgIpc) is 2.39. The van der Waals surface area contributed by atoms with E-state index >= 15 is 0 Å². The summed E-state index contributed by atoms with van der Waals surface area (Å²) >= 11 is 0. The molecule has 0 saturated carbocycles. The maximum Gasteiger partial charge on any atom is 0.141 e. The third kappa shape index (κ3) is 2.40. The Labute approximate surface area is 100 Å². The van der Waals surface area contributed by atoms with Crippen LogP contribution < -0.4 is 10.5 Å². The molecule has 3 heteroatoms. The van der Waals surface area contributed by atoms with Crippen LogP contribution in [0.3, 0.4) is 0 Å². The van der Waals surface area contributed by atoms with Gasteiger partial charge in [0, 0.05) is 0 Å². The predicted molar refractivity (Wildman–Crippen MR) is 67.9 cm³/mol. The van der Waals surface area contributed by atoms with Crippen molar-refractivity contribution < 1.29 is 9.84 Å². The van der Waals surface area contributed by atoms with Crippen LogP contribution >= 0.6 is 0 Å². The van der Waals surface area contributed by atoms with Gasteiger partial charge < -0.3 is 15.6 Å². The Balaban J connectivity index is 2.32. The molecule has 3 nitrogen and oxygen atoms in total. The molecule has 2 aromatic rings. The Bertz CT molecular complexity index is 497. The first kappa shape index (κ1) is 11.5. The highest BCUT2D eigenvalue weighted by Crippen LogP contribution is 2.28. The zero-order chi connectivity index (χ0) is 12.3. The van der Waals surface area contributed by atoms with E-state index in [1.165, 1.54) is 0 Å². The SMILES string of the molecule is COc1ccc([C@@H](O)c2ccccc2)cc1N. The highest BCUT2D eigenvalue weighted by atomic mass is 16.5. The number of aliphatic hydroxyl groups excluding tert-OH is 1. The van der Waals surface area contributed by atoms with Crippen LogP contribution in [0.15, 0.2) is 48.5 Å². The van der Waals surface area contributed by atoms with Crippen molar-refractivity contribution >= 4 is 5.69 Å². The maximum absolute atomic E-state index is 10.2. The van der Waals surface area contributed by atoms with Gasteiger partial charge in [0.15, 0.2) is 0 Å². The molecule has 0 unspecified atom stereocenters. The van der Waals surface area contributed by atoms with Crippen molar-refractivity contribution in [3.05, 3.63) is 59.7 Å². The largest absolute Gasteiger partial charge is 0.495 e. The molecule has 0 aromatic heterocycles. The van der Waals surface area contributed by atoms with E-state index in [4.69, 9.17) is 10.5 Å². The Morgan fingerprint density at radius 1 is 1.06 bits per heavy atom. The molecule has 2 rings (SSSR count). The van der Waals surface area contributed by atoms with E-state index in [9.17, 15) is 5.11 Å². The van der Waals surface area contributed by atoms with Crippen LogP contribution in [-0.4, -0.2) is 12.2 Å². The lowest BCUT2D eigenvalue weighted by Crippen LogP contribution is -2.01. The molecule has 0 heterocycles. The van der Waals surface area contributed by atoms with Crippen molar-refractivity contribution in [3.63, 3.8) is 0 Å². The number of rotatable bonds is 3. The standard InChI is InChI=1S/C14H15NO2/c1-17-13-8-7-11(9-12(13)15)14(16)10-5-3-2-4-6-10/h2-9,14,16H,15H2,1H3/t14-/m0/s1. The summed E-state index contributed by atoms with van der Waals surface area (Å²) in [7, 11) is 1.57. The van der Waals surface area contributed by atoms with E-state index in [1.807, 2.05) is 36.4 Å². The van der Waals surface area contributed by atoms with Crippen molar-refractivity contribution in [2.45, 2.75) is 6.10 Å². The Morgan fingerprint density at radius 3 is 2.35 bits per heavy atom. The van der Waals surface area contributed by atoms with Crippen LogP contribution in [0, 0.1) is 0 Å². The predicted octanol–water partition coefficient (Wildman–Crippen LogP) is 2.36. The second-order valence-corrected chi connectivity index (χ2v) is 3.81. The fourth-order valence-corrected chi connectivity index (χ4v) is 1.75. The number of anilines is 1. The number of nitrogens with two attached hydrogens (primary N) is 1. The lowest BCUT2D eigenvalue weighted by molar-refractivity contribution is 0.220. The number of methoxy groups -OCH3 is 1. The summed E-state index contributed by atoms with van der Waals surface area (Å²) in [6, 6.07) is 14.8. The molecule has 17 heavy (non-hydrogen) atoms. The molecule has 1 atom stereocenters. The minimum Gasteiger partial charge on any atom is -0.495 e. The molecular weight excluding hydrogens is 214 g/mol. The highest BCUT2D eigenvalue weighted by molar-refractivity contribution is 5.55. The number of aliphatic hydroxyl groups is 1. The topological polar surface area (TPSA) is 55.5 Å². The second-order valence-electron chi connectivity index (χ2n) is 3.81. The first-order chi connectivity index (χ1) is 8.22. The molecule has 0 radical (unpaired) electrons. The molecule has 0 spiro atoms. The first-order valence-electron chi connectivity index (χ1n) is 5.39. The average molecular weight is 229 g/mol. The Morgan fingerprint density at radius 2 is 1.76 bits per heavy atom. The smallest absolute Gasteiger partial charge is 0.141 e. The summed E-state index contributed by atoms with van der Waals surface area (Å²) in [4.78, 5) is 0. The van der Waals surface area contributed by atoms with Gasteiger partial charge in [-0.15, -0.1) is 0 Å². The highest BCUT2D eigenvalue weighted by Gasteiger charge is 2.11. The molecule has 0 amide bonds. The van der Waals surface area contributed by atoms with E-state index in [-0.39, 0.29) is 0 Å². The zero-order valence-electron chi connectivity index (χ0n) is 9.63. The zero-order valence-corrected chi connectivity index (χ0v) is 9.63. The lowest BCUT2D eigenvalue weighted by atomic mass is 10.0. The molecule has 0 saturated heterocycles. The van der Waals surface area contributed by atoms with E-state index in [0.29, 0.717) is 11.4 Å². The molecule has 2 aromatic carbocycles. The van der Waals surface area contributed by atoms with Crippen molar-refractivity contribution in [2.24, 2.45) is 0 Å². The van der Waals surface area contributed by atoms with Crippen molar-refractivity contribution in [1.29, 1.82) is 0 Å². The van der Waals surface area contributed by atoms with Crippen LogP contribution in [-0.2, 0) is 0 Å². The number of ether oxygens (including phenoxy) is 1. The van der Waals surface area contributed by atoms with Gasteiger partial charge in [-0.05, 0) is 23.3 Å². The molecule has 0 aliphatic heterocycles. The minimum atomic E-state index is -0.663. The molecular formula is C14H15NO2. The third-order valence-electron chi connectivity index (χ3n) is 2.68. The fourth-order valence-electron chi connectivity index (χ4n) is 1.75. The molecule has 0 bridgehead atoms. The van der Waals surface area contributed by atoms with E-state index < -0.39 is 6.10 Å². The van der Waals surface area contributed by atoms with Gasteiger partial charge in [0.2, 0.25) is 0 Å². The van der Waals surface area contributed by atoms with E-state index in [0.717, 1.165) is 11.1 Å². The van der Waals surface area contributed by atoms with Gasteiger partial charge >= 0.3 is 0 Å². The van der Waals surface area contributed by atoms with Gasteiger partial charge in [0.1, 0.15) is 11.9 Å². The number of benzene rings is 2. The van der Waals surface area contributed by atoms with Gasteiger partial charge in [-0.1, -0.05) is 36.4 Å². The summed E-state index contributed by atoms with van der Waals surface area (Å²) in [5, 5.41) is 10.2. The third-order valence-corrected chi connectivity index (χ3v) is 2.68. The van der Waals surface area contributed by atoms with Crippen molar-refractivity contribution in [3.8, 4) is 5.75 Å². The summed E-state index contributed by atoms with van der Waals surface area (Å²) in [6.45, 7) is 0. The maximum atomic E-state index is 10.2. The van der Waals surface area contributed by atoms with Crippen LogP contribution in [0.25, 0.3) is 0 Å². The van der Waals surface area contributed by atoms with Crippen LogP contribution in [0.5, 0.6) is 5.75 Å². The van der Waals surface area contributed by atoms with Crippen LogP contribution in [0.1, 0.15) is 17.2 Å². The van der Waals surface area contributed by atoms with Gasteiger partial charge in [0.25, 0.3) is 0 Å². The summed E-state index contributed by atoms with van der Waals surface area (Å²) in [5.74, 6) is 0.619. The molecule has 88 valence electrons. The van der Waals surface area contributed by atoms with Gasteiger partial charge in [-0.3, -0.25) is 0 Å². The first-order valence-corrected chi connectivity index (χ1v) is 5.39. The normalized spacial score (nSPS) is 12.1. The van der Waals surface area contributed by atoms with Crippen LogP contribution in [0.4, 0.5) is 5.69 Å². The molecule has 0 aliphatic rings. The van der Waals surface area contributed by atoms with Crippen LogP contribution in [0.2, 0.25) is 0 Å². The Kier molecular flexibility index (Phi) is 3.30.